The van der Waals surface area contributed by atoms with E-state index in [9.17, 15) is 4.79 Å². The summed E-state index contributed by atoms with van der Waals surface area (Å²) >= 11 is 5.68. The third-order valence-corrected chi connectivity index (χ3v) is 10.9. The van der Waals surface area contributed by atoms with E-state index in [0.717, 1.165) is 48.3 Å². The lowest BCUT2D eigenvalue weighted by atomic mass is 9.47. The van der Waals surface area contributed by atoms with Crippen LogP contribution < -0.4 is 0 Å². The van der Waals surface area contributed by atoms with Crippen LogP contribution in [0.3, 0.4) is 0 Å². The molecule has 182 valence electrons. The molecule has 0 radical (unpaired) electrons. The molecule has 0 spiro atoms. The van der Waals surface area contributed by atoms with Crippen molar-refractivity contribution in [3.8, 4) is 0 Å². The lowest BCUT2D eigenvalue weighted by Gasteiger charge is -2.58. The number of hydrogen-bond acceptors (Lipinski definition) is 2. The molecule has 0 N–H and O–H groups in total. The minimum absolute atomic E-state index is 0.0329. The Morgan fingerprint density at radius 1 is 1.09 bits per heavy atom. The molecule has 0 unspecified atom stereocenters. The number of rotatable bonds is 7. The van der Waals surface area contributed by atoms with E-state index in [0.29, 0.717) is 10.8 Å². The summed E-state index contributed by atoms with van der Waals surface area (Å²) in [6.45, 7) is 12.5. The maximum Gasteiger partial charge on any atom is 0.321 e. The number of fused-ring (bicyclic) bond motifs is 5. The molecule has 3 heteroatoms. The first kappa shape index (κ1) is 24.6. The molecule has 0 saturated heterocycles. The maximum atomic E-state index is 11.7. The van der Waals surface area contributed by atoms with Crippen LogP contribution in [0.1, 0.15) is 105 Å². The molecule has 0 aromatic heterocycles. The van der Waals surface area contributed by atoms with E-state index < -0.39 is 0 Å². The van der Waals surface area contributed by atoms with Crippen molar-refractivity contribution in [1.82, 2.24) is 0 Å². The van der Waals surface area contributed by atoms with Crippen molar-refractivity contribution in [2.45, 2.75) is 111 Å². The van der Waals surface area contributed by atoms with Crippen LogP contribution in [0.5, 0.6) is 0 Å². The zero-order chi connectivity index (χ0) is 23.1. The van der Waals surface area contributed by atoms with E-state index >= 15 is 0 Å². The molecule has 2 nitrogen and oxygen atoms in total. The summed E-state index contributed by atoms with van der Waals surface area (Å²) in [7, 11) is 0. The van der Waals surface area contributed by atoms with Crippen LogP contribution in [0.15, 0.2) is 11.6 Å². The molecule has 0 aliphatic heterocycles. The highest BCUT2D eigenvalue weighted by molar-refractivity contribution is 6.26. The van der Waals surface area contributed by atoms with Crippen LogP contribution in [0.4, 0.5) is 0 Å². The second-order valence-electron chi connectivity index (χ2n) is 12.8. The van der Waals surface area contributed by atoms with Crippen molar-refractivity contribution >= 4 is 17.6 Å². The van der Waals surface area contributed by atoms with E-state index in [1.165, 1.54) is 57.8 Å². The Bertz CT molecular complexity index is 714. The monoisotopic (exact) mass is 462 g/mol. The molecule has 0 amide bonds. The third-order valence-electron chi connectivity index (χ3n) is 10.7. The minimum Gasteiger partial charge on any atom is -0.461 e. The van der Waals surface area contributed by atoms with Crippen LogP contribution in [-0.4, -0.2) is 18.0 Å². The van der Waals surface area contributed by atoms with E-state index in [2.05, 4.69) is 40.7 Å². The van der Waals surface area contributed by atoms with Gasteiger partial charge in [0.05, 0.1) is 0 Å². The van der Waals surface area contributed by atoms with Crippen molar-refractivity contribution in [3.63, 3.8) is 0 Å². The highest BCUT2D eigenvalue weighted by Crippen LogP contribution is 2.67. The predicted octanol–water partition coefficient (Wildman–Crippen LogP) is 8.18. The standard InChI is InChI=1S/C29H47ClO2/c1-19(2)7-6-8-20(3)24-11-12-25-23-10-9-21-17-22(32-27(31)18-30)13-15-28(21,4)26(23)14-16-29(24,25)5/h9,19-20,22-26H,6-8,10-18H2,1-5H3/t20-,22+,23-,24-,25+,26+,28+,29-/m1/s1. The first-order valence-electron chi connectivity index (χ1n) is 13.6. The Kier molecular flexibility index (Phi) is 7.41. The summed E-state index contributed by atoms with van der Waals surface area (Å²) in [5, 5.41) is 0. The topological polar surface area (TPSA) is 26.3 Å². The highest BCUT2D eigenvalue weighted by atomic mass is 35.5. The second-order valence-corrected chi connectivity index (χ2v) is 13.0. The SMILES string of the molecule is CC(C)CCC[C@@H](C)[C@H]1CC[C@H]2[C@H]3CC=C4C[C@@H](OC(=O)CCl)CC[C@]4(C)[C@H]3CC[C@]12C. The molecule has 0 aromatic carbocycles. The third kappa shape index (κ3) is 4.44. The van der Waals surface area contributed by atoms with Gasteiger partial charge in [-0.2, -0.15) is 0 Å². The largest absolute Gasteiger partial charge is 0.461 e. The number of hydrogen-bond donors (Lipinski definition) is 0. The summed E-state index contributed by atoms with van der Waals surface area (Å²) in [6.07, 6.45) is 16.9. The Balaban J connectivity index is 1.45. The number of alkyl halides is 1. The summed E-state index contributed by atoms with van der Waals surface area (Å²) < 4.78 is 5.63. The van der Waals surface area contributed by atoms with E-state index in [4.69, 9.17) is 16.3 Å². The van der Waals surface area contributed by atoms with Gasteiger partial charge in [-0.05, 0) is 91.3 Å². The summed E-state index contributed by atoms with van der Waals surface area (Å²) in [6, 6.07) is 0. The Morgan fingerprint density at radius 3 is 2.59 bits per heavy atom. The van der Waals surface area contributed by atoms with Gasteiger partial charge in [0.2, 0.25) is 0 Å². The molecule has 4 aliphatic carbocycles. The molecule has 4 rings (SSSR count). The number of ether oxygens (including phenoxy) is 1. The van der Waals surface area contributed by atoms with Crippen LogP contribution in [0, 0.1) is 46.3 Å². The van der Waals surface area contributed by atoms with Gasteiger partial charge in [-0.1, -0.05) is 65.5 Å². The number of carbonyl (C=O) groups is 1. The Morgan fingerprint density at radius 2 is 1.88 bits per heavy atom. The number of allylic oxidation sites excluding steroid dienone is 1. The molecule has 0 heterocycles. The fourth-order valence-electron chi connectivity index (χ4n) is 8.97. The predicted molar refractivity (Wildman–Crippen MR) is 134 cm³/mol. The Labute approximate surface area is 202 Å². The fourth-order valence-corrected chi connectivity index (χ4v) is 9.03. The minimum atomic E-state index is -0.262. The normalized spacial score (nSPS) is 42.0. The molecule has 4 aliphatic rings. The quantitative estimate of drug-likeness (QED) is 0.216. The molecule has 0 aromatic rings. The molecule has 8 atom stereocenters. The van der Waals surface area contributed by atoms with E-state index in [-0.39, 0.29) is 18.0 Å². The Hall–Kier alpha value is -0.500. The van der Waals surface area contributed by atoms with Crippen LogP contribution in [0.25, 0.3) is 0 Å². The van der Waals surface area contributed by atoms with Gasteiger partial charge in [-0.15, -0.1) is 11.6 Å². The zero-order valence-electron chi connectivity index (χ0n) is 21.3. The molecule has 3 fully saturated rings. The average molecular weight is 463 g/mol. The number of carbonyl (C=O) groups excluding carboxylic acids is 1. The van der Waals surface area contributed by atoms with Crippen LogP contribution in [0.2, 0.25) is 0 Å². The van der Waals surface area contributed by atoms with Gasteiger partial charge in [0, 0.05) is 6.42 Å². The van der Waals surface area contributed by atoms with Crippen LogP contribution in [-0.2, 0) is 9.53 Å². The summed E-state index contributed by atoms with van der Waals surface area (Å²) in [5.74, 6) is 4.92. The summed E-state index contributed by atoms with van der Waals surface area (Å²) in [5.41, 5.74) is 2.44. The molecule has 3 saturated carbocycles. The van der Waals surface area contributed by atoms with Crippen molar-refractivity contribution in [2.24, 2.45) is 46.3 Å². The summed E-state index contributed by atoms with van der Waals surface area (Å²) in [4.78, 5) is 11.7. The van der Waals surface area contributed by atoms with Gasteiger partial charge >= 0.3 is 5.97 Å². The van der Waals surface area contributed by atoms with Gasteiger partial charge in [-0.3, -0.25) is 4.79 Å². The fraction of sp³-hybridized carbons (Fsp3) is 0.897. The average Bonchev–Trinajstić information content (AvgIpc) is 3.11. The zero-order valence-corrected chi connectivity index (χ0v) is 22.1. The second kappa shape index (κ2) is 9.63. The van der Waals surface area contributed by atoms with Crippen molar-refractivity contribution in [1.29, 1.82) is 0 Å². The smallest absolute Gasteiger partial charge is 0.321 e. The van der Waals surface area contributed by atoms with E-state index in [1.54, 1.807) is 5.57 Å². The van der Waals surface area contributed by atoms with E-state index in [1.807, 2.05) is 0 Å². The lowest BCUT2D eigenvalue weighted by molar-refractivity contribution is -0.148. The van der Waals surface area contributed by atoms with Crippen molar-refractivity contribution < 1.29 is 9.53 Å². The maximum absolute atomic E-state index is 11.7. The van der Waals surface area contributed by atoms with Crippen molar-refractivity contribution in [3.05, 3.63) is 11.6 Å². The van der Waals surface area contributed by atoms with Crippen molar-refractivity contribution in [2.75, 3.05) is 5.88 Å². The molecule has 32 heavy (non-hydrogen) atoms. The number of esters is 1. The first-order valence-corrected chi connectivity index (χ1v) is 14.2. The van der Waals surface area contributed by atoms with Gasteiger partial charge in [0.25, 0.3) is 0 Å². The highest BCUT2D eigenvalue weighted by Gasteiger charge is 2.59. The number of halogens is 1. The van der Waals surface area contributed by atoms with Crippen LogP contribution >= 0.6 is 11.6 Å². The van der Waals surface area contributed by atoms with Gasteiger partial charge in [0.15, 0.2) is 0 Å². The molecular formula is C29H47ClO2. The van der Waals surface area contributed by atoms with Gasteiger partial charge in [-0.25, -0.2) is 0 Å². The molecular weight excluding hydrogens is 416 g/mol. The molecule has 0 bridgehead atoms. The van der Waals surface area contributed by atoms with Gasteiger partial charge in [0.1, 0.15) is 12.0 Å². The van der Waals surface area contributed by atoms with Gasteiger partial charge < -0.3 is 4.74 Å². The lowest BCUT2D eigenvalue weighted by Crippen LogP contribution is -2.51. The first-order chi connectivity index (χ1) is 15.2.